The number of aromatic nitrogens is 4. The topological polar surface area (TPSA) is 84.7 Å². The molecule has 2 N–H and O–H groups in total. The molecular formula is C21H27FN6O. The number of amides is 1. The van der Waals surface area contributed by atoms with Gasteiger partial charge >= 0.3 is 0 Å². The van der Waals surface area contributed by atoms with Crippen molar-refractivity contribution in [2.75, 3.05) is 6.54 Å². The van der Waals surface area contributed by atoms with Crippen molar-refractivity contribution < 1.29 is 9.18 Å². The molecule has 0 spiro atoms. The maximum absolute atomic E-state index is 13.7. The normalized spacial score (nSPS) is 32.5. The highest BCUT2D eigenvalue weighted by Crippen LogP contribution is 2.60. The second-order valence-corrected chi connectivity index (χ2v) is 9.31. The van der Waals surface area contributed by atoms with Gasteiger partial charge < -0.3 is 10.6 Å². The molecule has 1 aromatic carbocycles. The fraction of sp³-hybridized carbons (Fsp3) is 0.619. The van der Waals surface area contributed by atoms with Crippen LogP contribution < -0.4 is 10.6 Å². The first-order valence-electron chi connectivity index (χ1n) is 10.5. The lowest BCUT2D eigenvalue weighted by molar-refractivity contribution is -0.123. The molecular weight excluding hydrogens is 371 g/mol. The molecule has 0 aliphatic heterocycles. The molecule has 4 saturated carbocycles. The molecule has 6 rings (SSSR count). The van der Waals surface area contributed by atoms with Crippen LogP contribution in [0.25, 0.3) is 0 Å². The van der Waals surface area contributed by atoms with E-state index in [1.54, 1.807) is 18.2 Å². The number of nitrogens with zero attached hydrogens (tertiary/aromatic N) is 4. The van der Waals surface area contributed by atoms with Gasteiger partial charge in [-0.15, -0.1) is 10.2 Å². The van der Waals surface area contributed by atoms with Gasteiger partial charge in [0, 0.05) is 17.6 Å². The molecule has 154 valence electrons. The maximum Gasteiger partial charge on any atom is 0.234 e. The quantitative estimate of drug-likeness (QED) is 0.778. The second-order valence-electron chi connectivity index (χ2n) is 9.31. The number of aryl methyl sites for hydroxylation is 1. The van der Waals surface area contributed by atoms with Crippen molar-refractivity contribution in [1.82, 2.24) is 30.8 Å². The van der Waals surface area contributed by atoms with Gasteiger partial charge in [-0.2, -0.15) is 4.80 Å². The first kappa shape index (κ1) is 18.7. The molecule has 1 amide bonds. The van der Waals surface area contributed by atoms with E-state index < -0.39 is 0 Å². The van der Waals surface area contributed by atoms with Crippen LogP contribution in [-0.4, -0.2) is 38.2 Å². The molecule has 2 unspecified atom stereocenters. The SMILES string of the molecule is Cc1nnn(C23CC4CC(CC(NCC(=O)NCc5ccccc5F)(C4)C2)C3)n1. The minimum atomic E-state index is -0.292. The Balaban J connectivity index is 1.25. The molecule has 2 atom stereocenters. The average molecular weight is 398 g/mol. The Hall–Kier alpha value is -2.35. The third kappa shape index (κ3) is 3.43. The van der Waals surface area contributed by atoms with E-state index >= 15 is 0 Å². The molecule has 1 aromatic heterocycles. The molecule has 4 fully saturated rings. The molecule has 8 heteroatoms. The Labute approximate surface area is 169 Å². The van der Waals surface area contributed by atoms with Gasteiger partial charge in [0.1, 0.15) is 5.82 Å². The maximum atomic E-state index is 13.7. The Morgan fingerprint density at radius 1 is 1.24 bits per heavy atom. The lowest BCUT2D eigenvalue weighted by atomic mass is 9.50. The first-order valence-corrected chi connectivity index (χ1v) is 10.5. The number of benzene rings is 1. The fourth-order valence-electron chi connectivity index (χ4n) is 6.31. The van der Waals surface area contributed by atoms with Crippen molar-refractivity contribution in [2.24, 2.45) is 11.8 Å². The zero-order valence-electron chi connectivity index (χ0n) is 16.7. The highest BCUT2D eigenvalue weighted by atomic mass is 19.1. The number of hydrogen-bond donors (Lipinski definition) is 2. The lowest BCUT2D eigenvalue weighted by Gasteiger charge is -2.61. The number of carbonyl (C=O) groups excluding carboxylic acids is 1. The monoisotopic (exact) mass is 398 g/mol. The minimum Gasteiger partial charge on any atom is -0.351 e. The molecule has 4 aliphatic rings. The summed E-state index contributed by atoms with van der Waals surface area (Å²) in [6.07, 6.45) is 6.59. The van der Waals surface area contributed by atoms with Crippen molar-refractivity contribution in [2.45, 2.75) is 63.1 Å². The van der Waals surface area contributed by atoms with E-state index in [2.05, 4.69) is 26.0 Å². The molecule has 4 aliphatic carbocycles. The minimum absolute atomic E-state index is 0.0546. The second kappa shape index (κ2) is 6.86. The lowest BCUT2D eigenvalue weighted by Crippen LogP contribution is -2.66. The van der Waals surface area contributed by atoms with E-state index in [0.717, 1.165) is 32.1 Å². The van der Waals surface area contributed by atoms with E-state index in [1.165, 1.54) is 12.5 Å². The number of hydrogen-bond acceptors (Lipinski definition) is 5. The Morgan fingerprint density at radius 3 is 2.69 bits per heavy atom. The Kier molecular flexibility index (Phi) is 4.42. The molecule has 7 nitrogen and oxygen atoms in total. The van der Waals surface area contributed by atoms with E-state index in [1.807, 2.05) is 11.7 Å². The van der Waals surface area contributed by atoms with Crippen LogP contribution in [0.3, 0.4) is 0 Å². The van der Waals surface area contributed by atoms with Crippen LogP contribution in [0.2, 0.25) is 0 Å². The van der Waals surface area contributed by atoms with E-state index in [9.17, 15) is 9.18 Å². The van der Waals surface area contributed by atoms with Crippen molar-refractivity contribution in [1.29, 1.82) is 0 Å². The zero-order chi connectivity index (χ0) is 20.1. The third-order valence-corrected chi connectivity index (χ3v) is 7.03. The van der Waals surface area contributed by atoms with Crippen LogP contribution in [-0.2, 0) is 16.9 Å². The number of tetrazole rings is 1. The standard InChI is InChI=1S/C21H27FN6O/c1-14-25-27-28(26-14)21-9-15-6-16(10-21)8-20(7-15,13-21)24-12-19(29)23-11-17-4-2-3-5-18(17)22/h2-5,15-16,24H,6-13H2,1H3,(H,23,29). The summed E-state index contributed by atoms with van der Waals surface area (Å²) in [5, 5.41) is 19.4. The van der Waals surface area contributed by atoms with Crippen molar-refractivity contribution in [3.63, 3.8) is 0 Å². The summed E-state index contributed by atoms with van der Waals surface area (Å²) < 4.78 is 13.7. The number of rotatable bonds is 6. The Morgan fingerprint density at radius 2 is 2.00 bits per heavy atom. The van der Waals surface area contributed by atoms with Crippen LogP contribution in [0.15, 0.2) is 24.3 Å². The summed E-state index contributed by atoms with van der Waals surface area (Å²) in [5.41, 5.74) is 0.366. The number of nitrogens with one attached hydrogen (secondary N) is 2. The smallest absolute Gasteiger partial charge is 0.234 e. The van der Waals surface area contributed by atoms with Gasteiger partial charge in [-0.1, -0.05) is 18.2 Å². The highest BCUT2D eigenvalue weighted by molar-refractivity contribution is 5.78. The molecule has 4 bridgehead atoms. The first-order chi connectivity index (χ1) is 14.0. The molecule has 2 aromatic rings. The zero-order valence-corrected chi connectivity index (χ0v) is 16.7. The van der Waals surface area contributed by atoms with E-state index in [0.29, 0.717) is 23.2 Å². The molecule has 0 radical (unpaired) electrons. The van der Waals surface area contributed by atoms with Crippen LogP contribution in [0.4, 0.5) is 4.39 Å². The van der Waals surface area contributed by atoms with Crippen molar-refractivity contribution in [3.8, 4) is 0 Å². The summed E-state index contributed by atoms with van der Waals surface area (Å²) in [5.74, 6) is 1.58. The summed E-state index contributed by atoms with van der Waals surface area (Å²) >= 11 is 0. The van der Waals surface area contributed by atoms with Gasteiger partial charge in [-0.25, -0.2) is 4.39 Å². The third-order valence-electron chi connectivity index (χ3n) is 7.03. The predicted molar refractivity (Wildman–Crippen MR) is 104 cm³/mol. The Bertz CT molecular complexity index is 913. The summed E-state index contributed by atoms with van der Waals surface area (Å²) in [4.78, 5) is 14.3. The largest absolute Gasteiger partial charge is 0.351 e. The number of halogens is 1. The van der Waals surface area contributed by atoms with Crippen molar-refractivity contribution in [3.05, 3.63) is 41.5 Å². The van der Waals surface area contributed by atoms with Gasteiger partial charge in [-0.05, 0) is 68.6 Å². The summed E-state index contributed by atoms with van der Waals surface area (Å²) in [6.45, 7) is 2.32. The summed E-state index contributed by atoms with van der Waals surface area (Å²) in [6, 6.07) is 6.53. The van der Waals surface area contributed by atoms with Gasteiger partial charge in [0.2, 0.25) is 5.91 Å². The van der Waals surface area contributed by atoms with Gasteiger partial charge in [0.15, 0.2) is 5.82 Å². The van der Waals surface area contributed by atoms with Crippen LogP contribution in [0.1, 0.15) is 49.9 Å². The molecule has 1 heterocycles. The predicted octanol–water partition coefficient (Wildman–Crippen LogP) is 2.07. The van der Waals surface area contributed by atoms with Crippen LogP contribution >= 0.6 is 0 Å². The molecule has 0 saturated heterocycles. The van der Waals surface area contributed by atoms with Gasteiger partial charge in [0.05, 0.1) is 12.1 Å². The van der Waals surface area contributed by atoms with Gasteiger partial charge in [0.25, 0.3) is 0 Å². The van der Waals surface area contributed by atoms with Crippen LogP contribution in [0.5, 0.6) is 0 Å². The van der Waals surface area contributed by atoms with E-state index in [4.69, 9.17) is 0 Å². The highest BCUT2D eigenvalue weighted by Gasteiger charge is 2.59. The van der Waals surface area contributed by atoms with Crippen LogP contribution in [0, 0.1) is 24.6 Å². The average Bonchev–Trinajstić information content (AvgIpc) is 3.12. The van der Waals surface area contributed by atoms with Gasteiger partial charge in [-0.3, -0.25) is 4.79 Å². The van der Waals surface area contributed by atoms with E-state index in [-0.39, 0.29) is 35.9 Å². The molecule has 29 heavy (non-hydrogen) atoms. The fourth-order valence-corrected chi connectivity index (χ4v) is 6.31. The summed E-state index contributed by atoms with van der Waals surface area (Å²) in [7, 11) is 0. The van der Waals surface area contributed by atoms with Crippen molar-refractivity contribution >= 4 is 5.91 Å². The number of carbonyl (C=O) groups is 1.